The summed E-state index contributed by atoms with van der Waals surface area (Å²) >= 11 is 6.45. The van der Waals surface area contributed by atoms with Gasteiger partial charge < -0.3 is 20.1 Å². The van der Waals surface area contributed by atoms with E-state index in [9.17, 15) is 4.39 Å². The highest BCUT2D eigenvalue weighted by Crippen LogP contribution is 2.30. The minimum absolute atomic E-state index is 0.205. The minimum Gasteiger partial charge on any atom is -0.487 e. The Bertz CT molecular complexity index is 1470. The van der Waals surface area contributed by atoms with Crippen molar-refractivity contribution in [2.45, 2.75) is 40.0 Å². The lowest BCUT2D eigenvalue weighted by Crippen LogP contribution is -2.21. The molecule has 39 heavy (non-hydrogen) atoms. The SMILES string of the molecule is Cc1ncnc(Nc2ccc(OCc3cccc(F)c3)c(Cl)c2)c1C#CCOc1ccc(CNC(C)C)cc1. The zero-order chi connectivity index (χ0) is 27.6. The highest BCUT2D eigenvalue weighted by molar-refractivity contribution is 6.32. The van der Waals surface area contributed by atoms with Gasteiger partial charge in [0.05, 0.1) is 16.3 Å². The van der Waals surface area contributed by atoms with E-state index in [0.29, 0.717) is 39.4 Å². The maximum absolute atomic E-state index is 13.4. The van der Waals surface area contributed by atoms with Crippen LogP contribution in [0.15, 0.2) is 73.1 Å². The van der Waals surface area contributed by atoms with Crippen LogP contribution in [0.2, 0.25) is 5.02 Å². The van der Waals surface area contributed by atoms with Crippen LogP contribution < -0.4 is 20.1 Å². The Labute approximate surface area is 233 Å². The van der Waals surface area contributed by atoms with Gasteiger partial charge in [0, 0.05) is 18.3 Å². The van der Waals surface area contributed by atoms with Gasteiger partial charge in [0.15, 0.2) is 0 Å². The monoisotopic (exact) mass is 544 g/mol. The van der Waals surface area contributed by atoms with Gasteiger partial charge in [-0.05, 0) is 60.5 Å². The summed E-state index contributed by atoms with van der Waals surface area (Å²) < 4.78 is 25.0. The molecule has 0 aliphatic rings. The number of halogens is 2. The summed E-state index contributed by atoms with van der Waals surface area (Å²) in [5.74, 6) is 7.67. The zero-order valence-electron chi connectivity index (χ0n) is 22.1. The molecule has 8 heteroatoms. The van der Waals surface area contributed by atoms with Crippen molar-refractivity contribution < 1.29 is 13.9 Å². The van der Waals surface area contributed by atoms with E-state index in [2.05, 4.69) is 46.3 Å². The standard InChI is InChI=1S/C31H30ClFN4O2/c1-21(2)34-18-23-9-12-27(13-10-23)38-15-5-8-28-22(3)35-20-36-31(28)37-26-11-14-30(29(32)17-26)39-19-24-6-4-7-25(33)16-24/h4,6-7,9-14,16-17,20-21,34H,15,18-19H2,1-3H3,(H,35,36,37). The Morgan fingerprint density at radius 1 is 0.974 bits per heavy atom. The first kappa shape index (κ1) is 27.9. The molecule has 4 aromatic rings. The lowest BCUT2D eigenvalue weighted by atomic mass is 10.2. The number of nitrogens with zero attached hydrogens (tertiary/aromatic N) is 2. The van der Waals surface area contributed by atoms with Crippen molar-refractivity contribution in [1.82, 2.24) is 15.3 Å². The number of hydrogen-bond donors (Lipinski definition) is 2. The summed E-state index contributed by atoms with van der Waals surface area (Å²) in [7, 11) is 0. The number of aromatic nitrogens is 2. The molecule has 2 N–H and O–H groups in total. The van der Waals surface area contributed by atoms with Gasteiger partial charge in [-0.25, -0.2) is 14.4 Å². The van der Waals surface area contributed by atoms with Gasteiger partial charge in [-0.3, -0.25) is 0 Å². The number of aryl methyl sites for hydroxylation is 1. The Morgan fingerprint density at radius 3 is 2.54 bits per heavy atom. The van der Waals surface area contributed by atoms with Crippen molar-refractivity contribution in [1.29, 1.82) is 0 Å². The summed E-state index contributed by atoms with van der Waals surface area (Å²) in [6.45, 7) is 7.36. The largest absolute Gasteiger partial charge is 0.487 e. The number of benzene rings is 3. The molecule has 0 spiro atoms. The number of anilines is 2. The van der Waals surface area contributed by atoms with Gasteiger partial charge in [-0.1, -0.05) is 61.6 Å². The fraction of sp³-hybridized carbons (Fsp3) is 0.226. The predicted molar refractivity (Wildman–Crippen MR) is 153 cm³/mol. The van der Waals surface area contributed by atoms with E-state index in [0.717, 1.165) is 18.0 Å². The van der Waals surface area contributed by atoms with Crippen LogP contribution >= 0.6 is 11.6 Å². The van der Waals surface area contributed by atoms with E-state index in [1.807, 2.05) is 37.3 Å². The molecule has 0 aliphatic heterocycles. The third-order valence-electron chi connectivity index (χ3n) is 5.68. The summed E-state index contributed by atoms with van der Waals surface area (Å²) in [4.78, 5) is 8.64. The van der Waals surface area contributed by atoms with Crippen LogP contribution in [-0.4, -0.2) is 22.6 Å². The molecule has 1 heterocycles. The van der Waals surface area contributed by atoms with E-state index in [1.54, 1.807) is 24.3 Å². The van der Waals surface area contributed by atoms with Gasteiger partial charge in [0.1, 0.15) is 42.7 Å². The first-order valence-corrected chi connectivity index (χ1v) is 12.9. The molecule has 0 unspecified atom stereocenters. The molecule has 1 aromatic heterocycles. The summed E-state index contributed by atoms with van der Waals surface area (Å²) in [5.41, 5.74) is 4.03. The number of ether oxygens (including phenoxy) is 2. The molecule has 0 bridgehead atoms. The van der Waals surface area contributed by atoms with Gasteiger partial charge in [-0.15, -0.1) is 0 Å². The van der Waals surface area contributed by atoms with E-state index >= 15 is 0 Å². The van der Waals surface area contributed by atoms with Crippen LogP contribution in [0.4, 0.5) is 15.9 Å². The fourth-order valence-corrected chi connectivity index (χ4v) is 3.84. The number of nitrogens with one attached hydrogen (secondary N) is 2. The molecule has 0 amide bonds. The lowest BCUT2D eigenvalue weighted by molar-refractivity contribution is 0.306. The van der Waals surface area contributed by atoms with E-state index < -0.39 is 0 Å². The minimum atomic E-state index is -0.309. The van der Waals surface area contributed by atoms with E-state index in [1.165, 1.54) is 24.0 Å². The molecule has 0 fully saturated rings. The lowest BCUT2D eigenvalue weighted by Gasteiger charge is -2.12. The van der Waals surface area contributed by atoms with Crippen molar-refractivity contribution in [3.63, 3.8) is 0 Å². The van der Waals surface area contributed by atoms with E-state index in [4.69, 9.17) is 21.1 Å². The van der Waals surface area contributed by atoms with Crippen LogP contribution in [0.1, 0.15) is 36.2 Å². The van der Waals surface area contributed by atoms with Crippen molar-refractivity contribution in [3.05, 3.63) is 106 Å². The highest BCUT2D eigenvalue weighted by Gasteiger charge is 2.09. The topological polar surface area (TPSA) is 68.3 Å². The maximum Gasteiger partial charge on any atom is 0.149 e. The molecule has 6 nitrogen and oxygen atoms in total. The Morgan fingerprint density at radius 2 is 1.79 bits per heavy atom. The van der Waals surface area contributed by atoms with Crippen LogP contribution in [0.25, 0.3) is 0 Å². The fourth-order valence-electron chi connectivity index (χ4n) is 3.61. The van der Waals surface area contributed by atoms with Gasteiger partial charge >= 0.3 is 0 Å². The maximum atomic E-state index is 13.4. The summed E-state index contributed by atoms with van der Waals surface area (Å²) in [5, 5.41) is 7.06. The van der Waals surface area contributed by atoms with E-state index in [-0.39, 0.29) is 19.0 Å². The average Bonchev–Trinajstić information content (AvgIpc) is 2.91. The highest BCUT2D eigenvalue weighted by atomic mass is 35.5. The molecule has 3 aromatic carbocycles. The normalized spacial score (nSPS) is 10.6. The number of rotatable bonds is 10. The summed E-state index contributed by atoms with van der Waals surface area (Å²) in [6, 6.07) is 20.0. The summed E-state index contributed by atoms with van der Waals surface area (Å²) in [6.07, 6.45) is 1.48. The first-order chi connectivity index (χ1) is 18.9. The van der Waals surface area contributed by atoms with Crippen molar-refractivity contribution in [2.75, 3.05) is 11.9 Å². The van der Waals surface area contributed by atoms with Gasteiger partial charge in [-0.2, -0.15) is 0 Å². The first-order valence-electron chi connectivity index (χ1n) is 12.6. The Balaban J connectivity index is 1.37. The number of hydrogen-bond acceptors (Lipinski definition) is 6. The smallest absolute Gasteiger partial charge is 0.149 e. The average molecular weight is 545 g/mol. The second-order valence-electron chi connectivity index (χ2n) is 9.14. The third kappa shape index (κ3) is 8.44. The molecule has 200 valence electrons. The second-order valence-corrected chi connectivity index (χ2v) is 9.55. The Hall–Kier alpha value is -4.12. The molecular formula is C31H30ClFN4O2. The quantitative estimate of drug-likeness (QED) is 0.213. The molecule has 4 rings (SSSR count). The van der Waals surface area contributed by atoms with Crippen LogP contribution in [0, 0.1) is 24.6 Å². The van der Waals surface area contributed by atoms with Crippen LogP contribution in [-0.2, 0) is 13.2 Å². The molecule has 0 saturated carbocycles. The molecule has 0 atom stereocenters. The van der Waals surface area contributed by atoms with Gasteiger partial charge in [0.25, 0.3) is 0 Å². The zero-order valence-corrected chi connectivity index (χ0v) is 22.8. The molecule has 0 radical (unpaired) electrons. The Kier molecular flexibility index (Phi) is 9.74. The van der Waals surface area contributed by atoms with Crippen LogP contribution in [0.3, 0.4) is 0 Å². The van der Waals surface area contributed by atoms with Crippen molar-refractivity contribution in [2.24, 2.45) is 0 Å². The second kappa shape index (κ2) is 13.6. The molecule has 0 aliphatic carbocycles. The molecule has 0 saturated heterocycles. The predicted octanol–water partition coefficient (Wildman–Crippen LogP) is 6.83. The van der Waals surface area contributed by atoms with Gasteiger partial charge in [0.2, 0.25) is 0 Å². The third-order valence-corrected chi connectivity index (χ3v) is 5.97. The van der Waals surface area contributed by atoms with Crippen molar-refractivity contribution >= 4 is 23.1 Å². The van der Waals surface area contributed by atoms with Crippen LogP contribution in [0.5, 0.6) is 11.5 Å². The van der Waals surface area contributed by atoms with Crippen molar-refractivity contribution in [3.8, 4) is 23.3 Å². The molecular weight excluding hydrogens is 515 g/mol.